The molecular formula is C21H26N4O2. The second-order valence-corrected chi connectivity index (χ2v) is 7.90. The summed E-state index contributed by atoms with van der Waals surface area (Å²) in [6.45, 7) is 0.397. The number of guanidine groups is 1. The molecular weight excluding hydrogens is 340 g/mol. The summed E-state index contributed by atoms with van der Waals surface area (Å²) >= 11 is 0. The maximum absolute atomic E-state index is 13.2. The first-order valence-electron chi connectivity index (χ1n) is 9.72. The molecule has 1 saturated carbocycles. The maximum Gasteiger partial charge on any atom is 0.258 e. The van der Waals surface area contributed by atoms with Gasteiger partial charge in [-0.1, -0.05) is 44.2 Å². The van der Waals surface area contributed by atoms with Gasteiger partial charge >= 0.3 is 0 Å². The molecule has 0 saturated heterocycles. The molecule has 142 valence electrons. The number of para-hydroxylation sites is 1. The lowest BCUT2D eigenvalue weighted by Gasteiger charge is -2.32. The van der Waals surface area contributed by atoms with Crippen LogP contribution in [0.3, 0.4) is 0 Å². The van der Waals surface area contributed by atoms with Crippen molar-refractivity contribution in [2.45, 2.75) is 50.6 Å². The summed E-state index contributed by atoms with van der Waals surface area (Å²) in [5.74, 6) is 0.714. The van der Waals surface area contributed by atoms with E-state index in [1.54, 1.807) is 19.3 Å². The molecule has 1 atom stereocenters. The zero-order valence-electron chi connectivity index (χ0n) is 15.7. The van der Waals surface area contributed by atoms with Crippen LogP contribution in [0.25, 0.3) is 10.9 Å². The number of carbonyl (C=O) groups is 1. The average molecular weight is 366 g/mol. The number of aliphatic imine (C=N–C) groups is 1. The second-order valence-electron chi connectivity index (χ2n) is 7.90. The molecule has 2 N–H and O–H groups in total. The normalized spacial score (nSPS) is 23.8. The van der Waals surface area contributed by atoms with Gasteiger partial charge in [0.05, 0.1) is 12.1 Å². The monoisotopic (exact) mass is 366 g/mol. The molecule has 1 aliphatic carbocycles. The first-order valence-corrected chi connectivity index (χ1v) is 9.72. The average Bonchev–Trinajstić information content (AvgIpc) is 2.89. The van der Waals surface area contributed by atoms with Gasteiger partial charge in [0.25, 0.3) is 5.91 Å². The molecule has 0 spiro atoms. The number of pyridine rings is 1. The summed E-state index contributed by atoms with van der Waals surface area (Å²) in [5, 5.41) is 0.656. The summed E-state index contributed by atoms with van der Waals surface area (Å²) in [4.78, 5) is 31.5. The Morgan fingerprint density at radius 1 is 1.15 bits per heavy atom. The zero-order chi connectivity index (χ0) is 19.0. The molecule has 1 aromatic heterocycles. The first kappa shape index (κ1) is 17.8. The first-order chi connectivity index (χ1) is 13.0. The third-order valence-electron chi connectivity index (χ3n) is 6.04. The highest BCUT2D eigenvalue weighted by molar-refractivity contribution is 6.06. The minimum atomic E-state index is -0.890. The number of amides is 1. The molecule has 0 radical (unpaired) electrons. The van der Waals surface area contributed by atoms with Crippen LogP contribution in [-0.2, 0) is 11.3 Å². The van der Waals surface area contributed by atoms with Crippen LogP contribution < -0.4 is 11.2 Å². The standard InChI is InChI=1S/C21H26N4O2/c1-24-19(27)21(23-20(24)22,13-15-7-3-2-4-8-15)14-25-12-11-18(26)16-9-5-6-10-17(16)25/h5-6,9-12,15H,2-4,7-8,13-14H2,1H3,(H2,22,23). The predicted molar refractivity (Wildman–Crippen MR) is 107 cm³/mol. The van der Waals surface area contributed by atoms with E-state index in [0.717, 1.165) is 18.4 Å². The van der Waals surface area contributed by atoms with Crippen LogP contribution in [0.1, 0.15) is 38.5 Å². The predicted octanol–water partition coefficient (Wildman–Crippen LogP) is 2.50. The number of aromatic nitrogens is 1. The van der Waals surface area contributed by atoms with Crippen LogP contribution in [0.15, 0.2) is 46.3 Å². The number of fused-ring (bicyclic) bond motifs is 1. The van der Waals surface area contributed by atoms with Crippen LogP contribution in [-0.4, -0.2) is 33.9 Å². The van der Waals surface area contributed by atoms with Gasteiger partial charge in [-0.15, -0.1) is 0 Å². The van der Waals surface area contributed by atoms with Crippen molar-refractivity contribution < 1.29 is 4.79 Å². The van der Waals surface area contributed by atoms with E-state index in [9.17, 15) is 9.59 Å². The lowest BCUT2D eigenvalue weighted by atomic mass is 9.79. The number of rotatable bonds is 4. The minimum absolute atomic E-state index is 0.0129. The van der Waals surface area contributed by atoms with Crippen molar-refractivity contribution in [3.63, 3.8) is 0 Å². The molecule has 27 heavy (non-hydrogen) atoms. The van der Waals surface area contributed by atoms with E-state index in [2.05, 4.69) is 4.99 Å². The van der Waals surface area contributed by atoms with Gasteiger partial charge in [0.15, 0.2) is 16.9 Å². The second kappa shape index (κ2) is 6.83. The lowest BCUT2D eigenvalue weighted by Crippen LogP contribution is -2.46. The van der Waals surface area contributed by atoms with E-state index in [-0.39, 0.29) is 17.3 Å². The largest absolute Gasteiger partial charge is 0.369 e. The number of hydrogen-bond acceptors (Lipinski definition) is 4. The Morgan fingerprint density at radius 2 is 1.89 bits per heavy atom. The van der Waals surface area contributed by atoms with E-state index in [4.69, 9.17) is 5.73 Å². The third-order valence-corrected chi connectivity index (χ3v) is 6.04. The Morgan fingerprint density at radius 3 is 2.59 bits per heavy atom. The van der Waals surface area contributed by atoms with Crippen LogP contribution in [0.5, 0.6) is 0 Å². The van der Waals surface area contributed by atoms with Crippen molar-refractivity contribution >= 4 is 22.8 Å². The number of nitrogens with zero attached hydrogens (tertiary/aromatic N) is 3. The quantitative estimate of drug-likeness (QED) is 0.903. The Kier molecular flexibility index (Phi) is 4.50. The van der Waals surface area contributed by atoms with E-state index < -0.39 is 5.54 Å². The topological polar surface area (TPSA) is 80.7 Å². The number of benzene rings is 1. The van der Waals surface area contributed by atoms with Crippen LogP contribution in [0.4, 0.5) is 0 Å². The van der Waals surface area contributed by atoms with Crippen molar-refractivity contribution in [1.29, 1.82) is 0 Å². The Hall–Kier alpha value is -2.63. The van der Waals surface area contributed by atoms with Crippen LogP contribution in [0.2, 0.25) is 0 Å². The summed E-state index contributed by atoms with van der Waals surface area (Å²) in [6.07, 6.45) is 8.45. The van der Waals surface area contributed by atoms with Crippen molar-refractivity contribution in [3.8, 4) is 0 Å². The number of nitrogens with two attached hydrogens (primary N) is 1. The highest BCUT2D eigenvalue weighted by Gasteiger charge is 2.48. The molecule has 1 fully saturated rings. The summed E-state index contributed by atoms with van der Waals surface area (Å²) in [5.41, 5.74) is 5.96. The summed E-state index contributed by atoms with van der Waals surface area (Å²) in [7, 11) is 1.69. The van der Waals surface area contributed by atoms with Crippen LogP contribution >= 0.6 is 0 Å². The maximum atomic E-state index is 13.2. The highest BCUT2D eigenvalue weighted by Crippen LogP contribution is 2.37. The highest BCUT2D eigenvalue weighted by atomic mass is 16.2. The molecule has 2 aliphatic rings. The lowest BCUT2D eigenvalue weighted by molar-refractivity contribution is -0.131. The van der Waals surface area contributed by atoms with E-state index in [0.29, 0.717) is 24.3 Å². The molecule has 4 rings (SSSR count). The van der Waals surface area contributed by atoms with Crippen molar-refractivity contribution in [2.24, 2.45) is 16.6 Å². The van der Waals surface area contributed by atoms with Gasteiger partial charge in [-0.25, -0.2) is 4.99 Å². The number of hydrogen-bond donors (Lipinski definition) is 1. The molecule has 1 unspecified atom stereocenters. The van der Waals surface area contributed by atoms with Crippen molar-refractivity contribution in [3.05, 3.63) is 46.8 Å². The Labute approximate surface area is 158 Å². The molecule has 2 aromatic rings. The molecule has 6 nitrogen and oxygen atoms in total. The molecule has 1 aliphatic heterocycles. The number of likely N-dealkylation sites (N-methyl/N-ethyl adjacent to an activating group) is 1. The zero-order valence-corrected chi connectivity index (χ0v) is 15.7. The fourth-order valence-corrected chi connectivity index (χ4v) is 4.61. The number of carbonyl (C=O) groups excluding carboxylic acids is 1. The van der Waals surface area contributed by atoms with Gasteiger partial charge < -0.3 is 10.3 Å². The van der Waals surface area contributed by atoms with Gasteiger partial charge in [-0.2, -0.15) is 0 Å². The van der Waals surface area contributed by atoms with Gasteiger partial charge in [-0.05, 0) is 24.5 Å². The van der Waals surface area contributed by atoms with E-state index in [1.807, 2.05) is 28.8 Å². The van der Waals surface area contributed by atoms with Crippen molar-refractivity contribution in [1.82, 2.24) is 9.47 Å². The SMILES string of the molecule is CN1C(=O)C(CC2CCCCC2)(Cn2ccc(=O)c3ccccc32)N=C1N. The van der Waals surface area contributed by atoms with Crippen molar-refractivity contribution in [2.75, 3.05) is 7.05 Å². The molecule has 2 heterocycles. The van der Waals surface area contributed by atoms with E-state index in [1.165, 1.54) is 24.2 Å². The van der Waals surface area contributed by atoms with Crippen LogP contribution in [0, 0.1) is 5.92 Å². The third kappa shape index (κ3) is 3.13. The van der Waals surface area contributed by atoms with Gasteiger partial charge in [0.1, 0.15) is 0 Å². The Balaban J connectivity index is 1.76. The van der Waals surface area contributed by atoms with Gasteiger partial charge in [0.2, 0.25) is 0 Å². The molecule has 6 heteroatoms. The summed E-state index contributed by atoms with van der Waals surface area (Å²) < 4.78 is 1.98. The molecule has 1 aromatic carbocycles. The van der Waals surface area contributed by atoms with Gasteiger partial charge in [-0.3, -0.25) is 14.5 Å². The van der Waals surface area contributed by atoms with Gasteiger partial charge in [0, 0.05) is 24.7 Å². The molecule has 1 amide bonds. The fourth-order valence-electron chi connectivity index (χ4n) is 4.61. The Bertz CT molecular complexity index is 958. The molecule has 0 bridgehead atoms. The van der Waals surface area contributed by atoms with E-state index >= 15 is 0 Å². The minimum Gasteiger partial charge on any atom is -0.369 e. The summed E-state index contributed by atoms with van der Waals surface area (Å²) in [6, 6.07) is 9.07. The smallest absolute Gasteiger partial charge is 0.258 e. The fraction of sp³-hybridized carbons (Fsp3) is 0.476.